The summed E-state index contributed by atoms with van der Waals surface area (Å²) >= 11 is 6.21. The van der Waals surface area contributed by atoms with E-state index in [4.69, 9.17) is 11.6 Å². The Balaban J connectivity index is 2.48. The molecule has 2 aromatic rings. The molecule has 1 unspecified atom stereocenters. The van der Waals surface area contributed by atoms with Gasteiger partial charge in [-0.2, -0.15) is 0 Å². The Bertz CT molecular complexity index is 672. The van der Waals surface area contributed by atoms with Crippen molar-refractivity contribution in [2.75, 3.05) is 11.9 Å². The third-order valence-corrected chi connectivity index (χ3v) is 4.00. The number of benzene rings is 2. The zero-order valence-electron chi connectivity index (χ0n) is 12.2. The van der Waals surface area contributed by atoms with Gasteiger partial charge in [0.1, 0.15) is 5.82 Å². The summed E-state index contributed by atoms with van der Waals surface area (Å²) in [5.41, 5.74) is 1.56. The van der Waals surface area contributed by atoms with Crippen molar-refractivity contribution >= 4 is 23.1 Å². The first-order chi connectivity index (χ1) is 9.93. The van der Waals surface area contributed by atoms with Crippen molar-refractivity contribution in [1.29, 1.82) is 0 Å². The Labute approximate surface area is 129 Å². The van der Waals surface area contributed by atoms with Crippen LogP contribution in [-0.2, 0) is 0 Å². The molecule has 0 radical (unpaired) electrons. The molecule has 4 heteroatoms. The van der Waals surface area contributed by atoms with Crippen molar-refractivity contribution in [2.45, 2.75) is 19.9 Å². The van der Waals surface area contributed by atoms with Crippen LogP contribution in [0.25, 0.3) is 0 Å². The molecule has 2 nitrogen and oxygen atoms in total. The lowest BCUT2D eigenvalue weighted by Crippen LogP contribution is -2.25. The number of halogens is 2. The average Bonchev–Trinajstić information content (AvgIpc) is 2.46. The van der Waals surface area contributed by atoms with Gasteiger partial charge >= 0.3 is 0 Å². The van der Waals surface area contributed by atoms with Crippen molar-refractivity contribution < 1.29 is 9.18 Å². The van der Waals surface area contributed by atoms with Gasteiger partial charge in [0, 0.05) is 17.6 Å². The van der Waals surface area contributed by atoms with Gasteiger partial charge in [0.25, 0.3) is 0 Å². The van der Waals surface area contributed by atoms with Crippen LogP contribution in [0.4, 0.5) is 10.1 Å². The highest BCUT2D eigenvalue weighted by Crippen LogP contribution is 2.33. The summed E-state index contributed by atoms with van der Waals surface area (Å²) in [5, 5.41) is 0.623. The van der Waals surface area contributed by atoms with E-state index in [2.05, 4.69) is 0 Å². The quantitative estimate of drug-likeness (QED) is 0.750. The van der Waals surface area contributed by atoms with E-state index >= 15 is 0 Å². The number of carbonyl (C=O) groups excluding carboxylic acids is 1. The summed E-state index contributed by atoms with van der Waals surface area (Å²) in [5.74, 6) is -0.577. The highest BCUT2D eigenvalue weighted by molar-refractivity contribution is 6.31. The number of hydrogen-bond acceptors (Lipinski definition) is 2. The molecule has 2 aromatic carbocycles. The minimum absolute atomic E-state index is 0.159. The zero-order chi connectivity index (χ0) is 15.6. The highest BCUT2D eigenvalue weighted by atomic mass is 35.5. The summed E-state index contributed by atoms with van der Waals surface area (Å²) in [7, 11) is 1.76. The van der Waals surface area contributed by atoms with Crippen LogP contribution in [0.2, 0.25) is 5.02 Å². The minimum atomic E-state index is -0.413. The summed E-state index contributed by atoms with van der Waals surface area (Å²) in [6, 6.07) is 11.8. The molecular formula is C17H17ClFNO. The maximum atomic E-state index is 14.2. The fourth-order valence-electron chi connectivity index (χ4n) is 2.37. The Hall–Kier alpha value is -1.87. The molecule has 0 aliphatic rings. The third-order valence-electron chi connectivity index (χ3n) is 3.66. The summed E-state index contributed by atoms with van der Waals surface area (Å²) in [6.07, 6.45) is 0. The second kappa shape index (κ2) is 6.27. The van der Waals surface area contributed by atoms with E-state index in [-0.39, 0.29) is 11.8 Å². The number of para-hydroxylation sites is 1. The first kappa shape index (κ1) is 15.5. The fraction of sp³-hybridized carbons (Fsp3) is 0.235. The van der Waals surface area contributed by atoms with Gasteiger partial charge in [-0.15, -0.1) is 0 Å². The molecule has 0 fully saturated rings. The number of anilines is 1. The van der Waals surface area contributed by atoms with Gasteiger partial charge in [-0.3, -0.25) is 4.79 Å². The van der Waals surface area contributed by atoms with Crippen LogP contribution in [0.1, 0.15) is 35.8 Å². The molecule has 110 valence electrons. The van der Waals surface area contributed by atoms with Crippen molar-refractivity contribution in [3.8, 4) is 0 Å². The lowest BCUT2D eigenvalue weighted by atomic mass is 10.0. The first-order valence-corrected chi connectivity index (χ1v) is 7.08. The molecule has 0 saturated carbocycles. The molecular weight excluding hydrogens is 289 g/mol. The monoisotopic (exact) mass is 305 g/mol. The molecule has 0 bridgehead atoms. The van der Waals surface area contributed by atoms with Crippen molar-refractivity contribution in [3.05, 3.63) is 64.4 Å². The number of hydrogen-bond donors (Lipinski definition) is 0. The number of rotatable bonds is 4. The van der Waals surface area contributed by atoms with Gasteiger partial charge in [0.05, 0.1) is 11.7 Å². The van der Waals surface area contributed by atoms with Crippen LogP contribution in [0.5, 0.6) is 0 Å². The average molecular weight is 306 g/mol. The lowest BCUT2D eigenvalue weighted by Gasteiger charge is -2.29. The summed E-state index contributed by atoms with van der Waals surface area (Å²) < 4.78 is 14.2. The topological polar surface area (TPSA) is 20.3 Å². The number of Topliss-reactive ketones (excluding diaryl/α,β-unsaturated/α-hetero) is 1. The van der Waals surface area contributed by atoms with E-state index in [1.54, 1.807) is 30.1 Å². The second-order valence-corrected chi connectivity index (χ2v) is 5.41. The predicted molar refractivity (Wildman–Crippen MR) is 84.7 cm³/mol. The molecule has 2 rings (SSSR count). The van der Waals surface area contributed by atoms with Gasteiger partial charge < -0.3 is 4.90 Å². The van der Waals surface area contributed by atoms with Crippen molar-refractivity contribution in [2.24, 2.45) is 0 Å². The molecule has 0 heterocycles. The Morgan fingerprint density at radius 3 is 2.48 bits per heavy atom. The maximum Gasteiger partial charge on any atom is 0.161 e. The van der Waals surface area contributed by atoms with Crippen LogP contribution in [0, 0.1) is 5.82 Å². The van der Waals surface area contributed by atoms with E-state index < -0.39 is 5.82 Å². The molecule has 0 saturated heterocycles. The summed E-state index contributed by atoms with van der Waals surface area (Å²) in [4.78, 5) is 13.5. The minimum Gasteiger partial charge on any atom is -0.365 e. The molecule has 21 heavy (non-hydrogen) atoms. The Morgan fingerprint density at radius 2 is 1.86 bits per heavy atom. The zero-order valence-corrected chi connectivity index (χ0v) is 13.0. The van der Waals surface area contributed by atoms with Crippen molar-refractivity contribution in [1.82, 2.24) is 0 Å². The van der Waals surface area contributed by atoms with E-state index in [0.29, 0.717) is 16.3 Å². The second-order valence-electron chi connectivity index (χ2n) is 5.00. The molecule has 0 aliphatic heterocycles. The normalized spacial score (nSPS) is 12.0. The van der Waals surface area contributed by atoms with Gasteiger partial charge in [0.2, 0.25) is 0 Å². The Morgan fingerprint density at radius 1 is 1.19 bits per heavy atom. The maximum absolute atomic E-state index is 14.2. The standard InChI is InChI=1S/C17H17ClFNO/c1-11(13-7-4-5-9-15(13)18)20(3)17-14(12(2)21)8-6-10-16(17)19/h4-11H,1-3H3. The van der Waals surface area contributed by atoms with Crippen LogP contribution in [0.15, 0.2) is 42.5 Å². The number of carbonyl (C=O) groups is 1. The van der Waals surface area contributed by atoms with Crippen molar-refractivity contribution in [3.63, 3.8) is 0 Å². The van der Waals surface area contributed by atoms with Crippen LogP contribution in [-0.4, -0.2) is 12.8 Å². The van der Waals surface area contributed by atoms with E-state index in [9.17, 15) is 9.18 Å². The van der Waals surface area contributed by atoms with Gasteiger partial charge in [0.15, 0.2) is 5.78 Å². The third kappa shape index (κ3) is 3.08. The number of nitrogens with zero attached hydrogens (tertiary/aromatic N) is 1. The Kier molecular flexibility index (Phi) is 4.63. The molecule has 0 amide bonds. The highest BCUT2D eigenvalue weighted by Gasteiger charge is 2.21. The molecule has 1 atom stereocenters. The molecule has 0 N–H and O–H groups in total. The van der Waals surface area contributed by atoms with Gasteiger partial charge in [-0.05, 0) is 37.6 Å². The van der Waals surface area contributed by atoms with E-state index in [1.807, 2.05) is 25.1 Å². The predicted octanol–water partition coefficient (Wildman–Crippen LogP) is 4.88. The summed E-state index contributed by atoms with van der Waals surface area (Å²) in [6.45, 7) is 3.36. The van der Waals surface area contributed by atoms with E-state index in [1.165, 1.54) is 13.0 Å². The fourth-order valence-corrected chi connectivity index (χ4v) is 2.67. The SMILES string of the molecule is CC(=O)c1cccc(F)c1N(C)C(C)c1ccccc1Cl. The smallest absolute Gasteiger partial charge is 0.161 e. The number of ketones is 1. The van der Waals surface area contributed by atoms with Crippen LogP contribution in [0.3, 0.4) is 0 Å². The van der Waals surface area contributed by atoms with E-state index in [0.717, 1.165) is 5.56 Å². The lowest BCUT2D eigenvalue weighted by molar-refractivity contribution is 0.101. The molecule has 0 aliphatic carbocycles. The van der Waals surface area contributed by atoms with Crippen LogP contribution < -0.4 is 4.90 Å². The first-order valence-electron chi connectivity index (χ1n) is 6.70. The largest absolute Gasteiger partial charge is 0.365 e. The molecule has 0 aromatic heterocycles. The van der Waals surface area contributed by atoms with Gasteiger partial charge in [-0.25, -0.2) is 4.39 Å². The van der Waals surface area contributed by atoms with Crippen LogP contribution >= 0.6 is 11.6 Å². The van der Waals surface area contributed by atoms with Gasteiger partial charge in [-0.1, -0.05) is 35.9 Å². The molecule has 0 spiro atoms.